The summed E-state index contributed by atoms with van der Waals surface area (Å²) in [4.78, 5) is 0. The fourth-order valence-electron chi connectivity index (χ4n) is 3.11. The molecule has 0 radical (unpaired) electrons. The van der Waals surface area contributed by atoms with Gasteiger partial charge in [0.2, 0.25) is 0 Å². The van der Waals surface area contributed by atoms with Crippen LogP contribution >= 0.6 is 23.2 Å². The van der Waals surface area contributed by atoms with Crippen molar-refractivity contribution in [3.8, 4) is 0 Å². The van der Waals surface area contributed by atoms with Crippen LogP contribution in [0.3, 0.4) is 0 Å². The lowest BCUT2D eigenvalue weighted by Gasteiger charge is -2.70. The molecule has 3 aliphatic carbocycles. The number of nitrogens with two attached hydrogens (primary N) is 1. The summed E-state index contributed by atoms with van der Waals surface area (Å²) in [7, 11) is 0. The molecule has 0 heterocycles. The molecule has 4 rings (SSSR count). The zero-order valence-electron chi connectivity index (χ0n) is 8.19. The summed E-state index contributed by atoms with van der Waals surface area (Å²) in [5.74, 6) is 5.50. The van der Waals surface area contributed by atoms with Gasteiger partial charge in [0, 0.05) is 21.0 Å². The second-order valence-corrected chi connectivity index (χ2v) is 5.77. The van der Waals surface area contributed by atoms with Gasteiger partial charge in [-0.05, 0) is 43.0 Å². The Bertz CT molecular complexity index is 391. The van der Waals surface area contributed by atoms with Gasteiger partial charge in [-0.1, -0.05) is 23.2 Å². The molecule has 2 bridgehead atoms. The fraction of sp³-hybridized carbons (Fsp3) is 0.455. The molecule has 4 heteroatoms. The number of hydrazine groups is 1. The maximum atomic E-state index is 6.00. The van der Waals surface area contributed by atoms with Gasteiger partial charge in [0.25, 0.3) is 0 Å². The van der Waals surface area contributed by atoms with E-state index in [0.29, 0.717) is 5.41 Å². The molecule has 3 saturated carbocycles. The number of nitrogens with one attached hydrogen (secondary N) is 1. The van der Waals surface area contributed by atoms with E-state index in [-0.39, 0.29) is 5.54 Å². The third-order valence-corrected chi connectivity index (χ3v) is 4.25. The molecule has 3 fully saturated rings. The van der Waals surface area contributed by atoms with Crippen LogP contribution in [0, 0.1) is 0 Å². The molecule has 0 unspecified atom stereocenters. The molecule has 3 N–H and O–H groups in total. The predicted molar refractivity (Wildman–Crippen MR) is 62.0 cm³/mol. The van der Waals surface area contributed by atoms with Gasteiger partial charge in [0.1, 0.15) is 0 Å². The van der Waals surface area contributed by atoms with E-state index in [4.69, 9.17) is 29.0 Å². The topological polar surface area (TPSA) is 38.0 Å². The van der Waals surface area contributed by atoms with Crippen molar-refractivity contribution < 1.29 is 0 Å². The quantitative estimate of drug-likeness (QED) is 0.619. The standard InChI is InChI=1S/C11H12Cl2N2/c12-8-1-7(2-9(13)3-8)10-4-11(5-10,6-10)15-14/h1-3,15H,4-6,14H2. The Morgan fingerprint density at radius 1 is 1.07 bits per heavy atom. The van der Waals surface area contributed by atoms with Gasteiger partial charge < -0.3 is 0 Å². The van der Waals surface area contributed by atoms with E-state index in [2.05, 4.69) is 5.43 Å². The van der Waals surface area contributed by atoms with Crippen molar-refractivity contribution in [2.45, 2.75) is 30.2 Å². The molecule has 0 atom stereocenters. The highest BCUT2D eigenvalue weighted by Crippen LogP contribution is 2.67. The molecule has 0 amide bonds. The third kappa shape index (κ3) is 1.26. The largest absolute Gasteiger partial charge is 0.271 e. The van der Waals surface area contributed by atoms with Crippen LogP contribution in [0.5, 0.6) is 0 Å². The van der Waals surface area contributed by atoms with Gasteiger partial charge in [0.15, 0.2) is 0 Å². The smallest absolute Gasteiger partial charge is 0.0423 e. The molecule has 3 aliphatic rings. The molecular weight excluding hydrogens is 231 g/mol. The van der Waals surface area contributed by atoms with Gasteiger partial charge in [-0.25, -0.2) is 0 Å². The molecule has 1 aromatic carbocycles. The van der Waals surface area contributed by atoms with E-state index in [1.165, 1.54) is 5.56 Å². The Morgan fingerprint density at radius 3 is 2.07 bits per heavy atom. The molecular formula is C11H12Cl2N2. The molecule has 80 valence electrons. The maximum Gasteiger partial charge on any atom is 0.0423 e. The fourth-order valence-corrected chi connectivity index (χ4v) is 3.63. The average molecular weight is 243 g/mol. The van der Waals surface area contributed by atoms with Crippen LogP contribution in [0.25, 0.3) is 0 Å². The monoisotopic (exact) mass is 242 g/mol. The normalized spacial score (nSPS) is 37.0. The van der Waals surface area contributed by atoms with Gasteiger partial charge >= 0.3 is 0 Å². The van der Waals surface area contributed by atoms with E-state index in [1.807, 2.05) is 12.1 Å². The minimum absolute atomic E-state index is 0.203. The molecule has 0 saturated heterocycles. The van der Waals surface area contributed by atoms with Crippen molar-refractivity contribution in [2.75, 3.05) is 0 Å². The van der Waals surface area contributed by atoms with E-state index in [9.17, 15) is 0 Å². The zero-order valence-corrected chi connectivity index (χ0v) is 9.70. The van der Waals surface area contributed by atoms with Crippen LogP contribution in [0.1, 0.15) is 24.8 Å². The van der Waals surface area contributed by atoms with E-state index in [0.717, 1.165) is 29.3 Å². The Hall–Kier alpha value is -0.280. The summed E-state index contributed by atoms with van der Waals surface area (Å²) < 4.78 is 0. The molecule has 0 aromatic heterocycles. The summed E-state index contributed by atoms with van der Waals surface area (Å²) >= 11 is 12.0. The van der Waals surface area contributed by atoms with E-state index < -0.39 is 0 Å². The van der Waals surface area contributed by atoms with Crippen LogP contribution < -0.4 is 11.3 Å². The van der Waals surface area contributed by atoms with Crippen molar-refractivity contribution in [2.24, 2.45) is 5.84 Å². The molecule has 15 heavy (non-hydrogen) atoms. The lowest BCUT2D eigenvalue weighted by molar-refractivity contribution is -0.0882. The number of hydrogen-bond donors (Lipinski definition) is 2. The van der Waals surface area contributed by atoms with Gasteiger partial charge in [-0.2, -0.15) is 0 Å². The Kier molecular flexibility index (Phi) is 1.91. The first-order valence-electron chi connectivity index (χ1n) is 5.02. The van der Waals surface area contributed by atoms with Crippen LogP contribution in [-0.2, 0) is 5.41 Å². The van der Waals surface area contributed by atoms with Crippen molar-refractivity contribution in [1.29, 1.82) is 0 Å². The first-order chi connectivity index (χ1) is 7.07. The van der Waals surface area contributed by atoms with Gasteiger partial charge in [0.05, 0.1) is 0 Å². The summed E-state index contributed by atoms with van der Waals surface area (Å²) in [5, 5.41) is 1.44. The van der Waals surface area contributed by atoms with Crippen molar-refractivity contribution in [3.63, 3.8) is 0 Å². The van der Waals surface area contributed by atoms with Crippen LogP contribution in [0.4, 0.5) is 0 Å². The number of hydrogen-bond acceptors (Lipinski definition) is 2. The van der Waals surface area contributed by atoms with E-state index >= 15 is 0 Å². The zero-order chi connectivity index (χ0) is 10.7. The predicted octanol–water partition coefficient (Wildman–Crippen LogP) is 2.63. The molecule has 0 spiro atoms. The lowest BCUT2D eigenvalue weighted by atomic mass is 9.38. The second-order valence-electron chi connectivity index (χ2n) is 4.89. The van der Waals surface area contributed by atoms with Crippen LogP contribution in [-0.4, -0.2) is 5.54 Å². The minimum Gasteiger partial charge on any atom is -0.271 e. The molecule has 0 aliphatic heterocycles. The Balaban J connectivity index is 1.90. The third-order valence-electron chi connectivity index (χ3n) is 3.81. The SMILES string of the molecule is NNC12CC(c3cc(Cl)cc(Cl)c3)(C1)C2. The van der Waals surface area contributed by atoms with Crippen molar-refractivity contribution in [3.05, 3.63) is 33.8 Å². The number of benzene rings is 1. The Labute approximate surface area is 98.7 Å². The first-order valence-corrected chi connectivity index (χ1v) is 5.78. The number of rotatable bonds is 2. The van der Waals surface area contributed by atoms with E-state index in [1.54, 1.807) is 6.07 Å². The van der Waals surface area contributed by atoms with Crippen LogP contribution in [0.15, 0.2) is 18.2 Å². The Morgan fingerprint density at radius 2 is 1.60 bits per heavy atom. The van der Waals surface area contributed by atoms with Crippen molar-refractivity contribution >= 4 is 23.2 Å². The number of halogens is 2. The summed E-state index contributed by atoms with van der Waals surface area (Å²) in [6, 6.07) is 5.81. The highest BCUT2D eigenvalue weighted by atomic mass is 35.5. The second kappa shape index (κ2) is 2.89. The van der Waals surface area contributed by atoms with Crippen molar-refractivity contribution in [1.82, 2.24) is 5.43 Å². The summed E-state index contributed by atoms with van der Waals surface area (Å²) in [6.45, 7) is 0. The first kappa shape index (κ1) is 9.91. The summed E-state index contributed by atoms with van der Waals surface area (Å²) in [5.41, 5.74) is 4.66. The average Bonchev–Trinajstić information content (AvgIpc) is 1.97. The molecule has 1 aromatic rings. The van der Waals surface area contributed by atoms with Gasteiger partial charge in [-0.3, -0.25) is 11.3 Å². The lowest BCUT2D eigenvalue weighted by Crippen LogP contribution is -2.77. The minimum atomic E-state index is 0.203. The highest BCUT2D eigenvalue weighted by molar-refractivity contribution is 6.34. The summed E-state index contributed by atoms with van der Waals surface area (Å²) in [6.07, 6.45) is 3.31. The molecule has 2 nitrogen and oxygen atoms in total. The van der Waals surface area contributed by atoms with Crippen LogP contribution in [0.2, 0.25) is 10.0 Å². The van der Waals surface area contributed by atoms with Gasteiger partial charge in [-0.15, -0.1) is 0 Å². The maximum absolute atomic E-state index is 6.00. The highest BCUT2D eigenvalue weighted by Gasteiger charge is 2.68.